The van der Waals surface area contributed by atoms with Crippen molar-refractivity contribution in [3.05, 3.63) is 65.2 Å². The molecule has 2 heterocycles. The van der Waals surface area contributed by atoms with Crippen LogP contribution in [0.5, 0.6) is 5.75 Å². The average Bonchev–Trinajstić information content (AvgIpc) is 2.81. The molecule has 0 aliphatic carbocycles. The molecule has 2 aromatic rings. The number of amides is 2. The van der Waals surface area contributed by atoms with E-state index in [0.717, 1.165) is 11.1 Å². The van der Waals surface area contributed by atoms with Crippen LogP contribution >= 0.6 is 0 Å². The highest BCUT2D eigenvalue weighted by Gasteiger charge is 2.36. The number of halogens is 3. The van der Waals surface area contributed by atoms with E-state index < -0.39 is 18.7 Å². The second kappa shape index (κ2) is 9.72. The first-order valence-electron chi connectivity index (χ1n) is 10.9. The first-order chi connectivity index (χ1) is 15.8. The minimum atomic E-state index is -4.21. The molecule has 2 aromatic carbocycles. The zero-order valence-corrected chi connectivity index (χ0v) is 18.0. The smallest absolute Gasteiger partial charge is 0.410 e. The molecule has 1 atom stereocenters. The number of carbonyl (C=O) groups is 2. The number of fused-ring (bicyclic) bond motifs is 1. The van der Waals surface area contributed by atoms with Crippen LogP contribution in [0.25, 0.3) is 0 Å². The fourth-order valence-corrected chi connectivity index (χ4v) is 4.16. The van der Waals surface area contributed by atoms with Gasteiger partial charge in [-0.25, -0.2) is 4.79 Å². The van der Waals surface area contributed by atoms with Gasteiger partial charge in [0, 0.05) is 31.5 Å². The summed E-state index contributed by atoms with van der Waals surface area (Å²) in [5, 5.41) is 0. The lowest BCUT2D eigenvalue weighted by Crippen LogP contribution is -2.53. The molecule has 1 saturated heterocycles. The summed E-state index contributed by atoms with van der Waals surface area (Å²) in [6.07, 6.45) is -5.18. The SMILES string of the molecule is O=C(OCc1ccccc1)N1CCN(C2CCOc3cc(CCC(F)(F)F)ccc32)C(=O)C1. The third-order valence-corrected chi connectivity index (χ3v) is 5.88. The molecule has 0 spiro atoms. The van der Waals surface area contributed by atoms with Gasteiger partial charge in [0.05, 0.1) is 12.6 Å². The lowest BCUT2D eigenvalue weighted by Gasteiger charge is -2.40. The molecule has 9 heteroatoms. The van der Waals surface area contributed by atoms with Crippen molar-refractivity contribution in [3.63, 3.8) is 0 Å². The van der Waals surface area contributed by atoms with E-state index in [1.54, 1.807) is 23.1 Å². The van der Waals surface area contributed by atoms with Crippen molar-refractivity contribution >= 4 is 12.0 Å². The number of piperazine rings is 1. The number of aryl methyl sites for hydroxylation is 1. The van der Waals surface area contributed by atoms with Gasteiger partial charge >= 0.3 is 12.3 Å². The topological polar surface area (TPSA) is 59.1 Å². The first kappa shape index (κ1) is 22.9. The van der Waals surface area contributed by atoms with Crippen LogP contribution in [0.3, 0.4) is 0 Å². The van der Waals surface area contributed by atoms with Gasteiger partial charge in [0.25, 0.3) is 0 Å². The molecule has 2 amide bonds. The molecule has 1 unspecified atom stereocenters. The Balaban J connectivity index is 1.37. The van der Waals surface area contributed by atoms with E-state index in [9.17, 15) is 22.8 Å². The predicted molar refractivity (Wildman–Crippen MR) is 114 cm³/mol. The first-order valence-corrected chi connectivity index (χ1v) is 10.9. The number of alkyl halides is 3. The number of ether oxygens (including phenoxy) is 2. The van der Waals surface area contributed by atoms with Gasteiger partial charge in [-0.15, -0.1) is 0 Å². The van der Waals surface area contributed by atoms with Crippen LogP contribution in [0.2, 0.25) is 0 Å². The molecule has 0 N–H and O–H groups in total. The fraction of sp³-hybridized carbons (Fsp3) is 0.417. The second-order valence-corrected chi connectivity index (χ2v) is 8.19. The summed E-state index contributed by atoms with van der Waals surface area (Å²) in [7, 11) is 0. The number of carbonyl (C=O) groups excluding carboxylic acids is 2. The van der Waals surface area contributed by atoms with E-state index in [1.807, 2.05) is 30.3 Å². The Morgan fingerprint density at radius 1 is 1.09 bits per heavy atom. The number of nitrogens with zero attached hydrogens (tertiary/aromatic N) is 2. The molecule has 0 saturated carbocycles. The molecular weight excluding hydrogens is 437 g/mol. The lowest BCUT2D eigenvalue weighted by molar-refractivity contribution is -0.139. The molecule has 33 heavy (non-hydrogen) atoms. The van der Waals surface area contributed by atoms with Crippen LogP contribution in [0.4, 0.5) is 18.0 Å². The van der Waals surface area contributed by atoms with Gasteiger partial charge < -0.3 is 14.4 Å². The minimum absolute atomic E-state index is 0.0794. The van der Waals surface area contributed by atoms with Crippen molar-refractivity contribution in [2.75, 3.05) is 26.2 Å². The van der Waals surface area contributed by atoms with Crippen molar-refractivity contribution in [1.29, 1.82) is 0 Å². The normalized spacial score (nSPS) is 18.5. The van der Waals surface area contributed by atoms with E-state index in [2.05, 4.69) is 0 Å². The van der Waals surface area contributed by atoms with E-state index >= 15 is 0 Å². The molecule has 4 rings (SSSR count). The highest BCUT2D eigenvalue weighted by molar-refractivity contribution is 5.84. The van der Waals surface area contributed by atoms with E-state index in [-0.39, 0.29) is 31.5 Å². The van der Waals surface area contributed by atoms with Crippen LogP contribution in [0.1, 0.15) is 35.6 Å². The molecule has 2 aliphatic rings. The van der Waals surface area contributed by atoms with Gasteiger partial charge in [-0.05, 0) is 23.6 Å². The Hall–Kier alpha value is -3.23. The zero-order valence-electron chi connectivity index (χ0n) is 18.0. The molecule has 176 valence electrons. The summed E-state index contributed by atoms with van der Waals surface area (Å²) in [6, 6.07) is 14.1. The third-order valence-electron chi connectivity index (χ3n) is 5.88. The van der Waals surface area contributed by atoms with Crippen molar-refractivity contribution in [3.8, 4) is 5.75 Å². The van der Waals surface area contributed by atoms with Gasteiger partial charge in [0.2, 0.25) is 5.91 Å². The van der Waals surface area contributed by atoms with Gasteiger partial charge in [0.1, 0.15) is 18.9 Å². The molecule has 0 bridgehead atoms. The zero-order chi connectivity index (χ0) is 23.4. The predicted octanol–water partition coefficient (Wildman–Crippen LogP) is 4.49. The van der Waals surface area contributed by atoms with Crippen LogP contribution < -0.4 is 4.74 Å². The third kappa shape index (κ3) is 5.77. The Morgan fingerprint density at radius 3 is 2.61 bits per heavy atom. The van der Waals surface area contributed by atoms with Crippen LogP contribution in [-0.2, 0) is 22.6 Å². The number of benzene rings is 2. The lowest BCUT2D eigenvalue weighted by atomic mass is 9.95. The summed E-state index contributed by atoms with van der Waals surface area (Å²) >= 11 is 0. The Labute approximate surface area is 189 Å². The minimum Gasteiger partial charge on any atom is -0.493 e. The summed E-state index contributed by atoms with van der Waals surface area (Å²) in [5.41, 5.74) is 2.19. The quantitative estimate of drug-likeness (QED) is 0.657. The van der Waals surface area contributed by atoms with Crippen LogP contribution in [0, 0.1) is 0 Å². The molecule has 1 fully saturated rings. The maximum Gasteiger partial charge on any atom is 0.410 e. The summed E-state index contributed by atoms with van der Waals surface area (Å²) in [5.74, 6) is 0.320. The largest absolute Gasteiger partial charge is 0.493 e. The Bertz CT molecular complexity index is 997. The molecule has 2 aliphatic heterocycles. The average molecular weight is 462 g/mol. The highest BCUT2D eigenvalue weighted by atomic mass is 19.4. The van der Waals surface area contributed by atoms with Crippen LogP contribution in [0.15, 0.2) is 48.5 Å². The standard InChI is InChI=1S/C24H25F3N2O4/c25-24(26,27)10-8-17-6-7-19-20(9-13-32-21(19)14-17)29-12-11-28(15-22(29)30)23(31)33-16-18-4-2-1-3-5-18/h1-7,14,20H,8-13,15-16H2. The Kier molecular flexibility index (Phi) is 6.76. The molecular formula is C24H25F3N2O4. The van der Waals surface area contributed by atoms with Crippen LogP contribution in [-0.4, -0.2) is 54.2 Å². The van der Waals surface area contributed by atoms with Crippen molar-refractivity contribution in [1.82, 2.24) is 9.80 Å². The molecule has 0 radical (unpaired) electrons. The van der Waals surface area contributed by atoms with Crippen molar-refractivity contribution in [2.24, 2.45) is 0 Å². The van der Waals surface area contributed by atoms with E-state index in [1.165, 1.54) is 4.90 Å². The van der Waals surface area contributed by atoms with E-state index in [4.69, 9.17) is 9.47 Å². The monoisotopic (exact) mass is 462 g/mol. The summed E-state index contributed by atoms with van der Waals surface area (Å²) in [6.45, 7) is 1.12. The summed E-state index contributed by atoms with van der Waals surface area (Å²) < 4.78 is 48.6. The molecule has 0 aromatic heterocycles. The van der Waals surface area contributed by atoms with Crippen molar-refractivity contribution < 1.29 is 32.2 Å². The maximum absolute atomic E-state index is 12.9. The van der Waals surface area contributed by atoms with Gasteiger partial charge in [-0.3, -0.25) is 9.69 Å². The van der Waals surface area contributed by atoms with Gasteiger partial charge in [-0.2, -0.15) is 13.2 Å². The summed E-state index contributed by atoms with van der Waals surface area (Å²) in [4.78, 5) is 28.4. The number of hydrogen-bond donors (Lipinski definition) is 0. The fourth-order valence-electron chi connectivity index (χ4n) is 4.16. The Morgan fingerprint density at radius 2 is 1.88 bits per heavy atom. The maximum atomic E-state index is 12.9. The second-order valence-electron chi connectivity index (χ2n) is 8.19. The number of rotatable bonds is 5. The highest BCUT2D eigenvalue weighted by Crippen LogP contribution is 2.38. The molecule has 6 nitrogen and oxygen atoms in total. The van der Waals surface area contributed by atoms with Gasteiger partial charge in [0.15, 0.2) is 0 Å². The van der Waals surface area contributed by atoms with E-state index in [0.29, 0.717) is 37.4 Å². The van der Waals surface area contributed by atoms with Crippen molar-refractivity contribution in [2.45, 2.75) is 38.1 Å². The number of hydrogen-bond acceptors (Lipinski definition) is 4. The van der Waals surface area contributed by atoms with Gasteiger partial charge in [-0.1, -0.05) is 42.5 Å².